The fourth-order valence-electron chi connectivity index (χ4n) is 2.52. The van der Waals surface area contributed by atoms with Gasteiger partial charge in [0.25, 0.3) is 5.89 Å². The number of carbonyl (C=O) groups excluding carboxylic acids is 1. The fourth-order valence-corrected chi connectivity index (χ4v) is 2.70. The summed E-state index contributed by atoms with van der Waals surface area (Å²) in [5.74, 6) is -0.0833. The van der Waals surface area contributed by atoms with Crippen LogP contribution in [-0.4, -0.2) is 25.6 Å². The lowest BCUT2D eigenvalue weighted by Crippen LogP contribution is -2.18. The molecule has 4 rings (SSSR count). The highest BCUT2D eigenvalue weighted by Crippen LogP contribution is 2.22. The molecule has 0 fully saturated rings. The monoisotopic (exact) mass is 397 g/mol. The molecule has 0 unspecified atom stereocenters. The average molecular weight is 398 g/mol. The molecule has 2 aromatic carbocycles. The summed E-state index contributed by atoms with van der Waals surface area (Å²) >= 11 is 6.04. The molecule has 0 saturated heterocycles. The van der Waals surface area contributed by atoms with Gasteiger partial charge in [-0.05, 0) is 36.4 Å². The molecule has 0 saturated carbocycles. The number of hydrogen-bond donors (Lipinski definition) is 1. The number of carbonyl (C=O) groups is 1. The van der Waals surface area contributed by atoms with E-state index in [-0.39, 0.29) is 30.0 Å². The Bertz CT molecular complexity index is 1120. The molecule has 1 amide bonds. The van der Waals surface area contributed by atoms with Crippen molar-refractivity contribution in [2.45, 2.75) is 6.54 Å². The van der Waals surface area contributed by atoms with Crippen molar-refractivity contribution < 1.29 is 13.7 Å². The van der Waals surface area contributed by atoms with Gasteiger partial charge in [0.1, 0.15) is 18.1 Å². The van der Waals surface area contributed by atoms with E-state index in [1.165, 1.54) is 18.5 Å². The van der Waals surface area contributed by atoms with Gasteiger partial charge in [-0.15, -0.1) is 0 Å². The Kier molecular flexibility index (Phi) is 4.86. The van der Waals surface area contributed by atoms with Crippen molar-refractivity contribution in [2.75, 3.05) is 5.32 Å². The van der Waals surface area contributed by atoms with Gasteiger partial charge in [-0.25, -0.2) is 9.37 Å². The van der Waals surface area contributed by atoms with Gasteiger partial charge in [-0.2, -0.15) is 4.98 Å². The van der Waals surface area contributed by atoms with Gasteiger partial charge >= 0.3 is 0 Å². The van der Waals surface area contributed by atoms with Crippen LogP contribution in [0.3, 0.4) is 0 Å². The molecular formula is C19H13ClFN5O2. The van der Waals surface area contributed by atoms with Gasteiger partial charge in [-0.3, -0.25) is 4.79 Å². The quantitative estimate of drug-likeness (QED) is 0.549. The topological polar surface area (TPSA) is 85.8 Å². The second-order valence-electron chi connectivity index (χ2n) is 5.89. The first kappa shape index (κ1) is 17.9. The van der Waals surface area contributed by atoms with Crippen LogP contribution in [0.25, 0.3) is 23.0 Å². The van der Waals surface area contributed by atoms with Crippen LogP contribution in [0.15, 0.2) is 65.6 Å². The third-order valence-corrected chi connectivity index (χ3v) is 4.18. The highest BCUT2D eigenvalue weighted by Gasteiger charge is 2.14. The Morgan fingerprint density at radius 1 is 1.18 bits per heavy atom. The molecule has 4 aromatic rings. The zero-order chi connectivity index (χ0) is 19.5. The Balaban J connectivity index is 1.45. The predicted octanol–water partition coefficient (Wildman–Crippen LogP) is 4.03. The second kappa shape index (κ2) is 7.61. The lowest BCUT2D eigenvalue weighted by Gasteiger charge is -2.07. The third kappa shape index (κ3) is 3.91. The summed E-state index contributed by atoms with van der Waals surface area (Å²) < 4.78 is 19.8. The van der Waals surface area contributed by atoms with E-state index in [1.54, 1.807) is 47.2 Å². The Hall–Kier alpha value is -3.52. The van der Waals surface area contributed by atoms with Gasteiger partial charge in [0.05, 0.1) is 17.0 Å². The summed E-state index contributed by atoms with van der Waals surface area (Å²) in [4.78, 5) is 20.7. The minimum Gasteiger partial charge on any atom is -0.334 e. The number of amides is 1. The molecule has 28 heavy (non-hydrogen) atoms. The Morgan fingerprint density at radius 2 is 1.96 bits per heavy atom. The third-order valence-electron chi connectivity index (χ3n) is 3.85. The summed E-state index contributed by atoms with van der Waals surface area (Å²) in [6.07, 6.45) is 3.13. The lowest BCUT2D eigenvalue weighted by atomic mass is 10.2. The van der Waals surface area contributed by atoms with Crippen LogP contribution in [0.2, 0.25) is 5.02 Å². The van der Waals surface area contributed by atoms with Crippen LogP contribution in [0, 0.1) is 5.82 Å². The molecule has 140 valence electrons. The number of nitrogens with one attached hydrogen (secondary N) is 1. The van der Waals surface area contributed by atoms with E-state index >= 15 is 0 Å². The summed E-state index contributed by atoms with van der Waals surface area (Å²) in [7, 11) is 0. The number of benzene rings is 2. The van der Waals surface area contributed by atoms with Gasteiger partial charge in [-0.1, -0.05) is 28.9 Å². The fraction of sp³-hybridized carbons (Fsp3) is 0.0526. The van der Waals surface area contributed by atoms with E-state index in [1.807, 2.05) is 0 Å². The van der Waals surface area contributed by atoms with E-state index in [2.05, 4.69) is 20.4 Å². The summed E-state index contributed by atoms with van der Waals surface area (Å²) in [5, 5.41) is 7.08. The van der Waals surface area contributed by atoms with E-state index in [0.717, 1.165) is 0 Å². The number of anilines is 1. The summed E-state index contributed by atoms with van der Waals surface area (Å²) in [6, 6.07) is 12.7. The zero-order valence-corrected chi connectivity index (χ0v) is 15.1. The zero-order valence-electron chi connectivity index (χ0n) is 14.3. The van der Waals surface area contributed by atoms with Crippen molar-refractivity contribution in [3.8, 4) is 23.0 Å². The molecule has 7 nitrogen and oxygen atoms in total. The van der Waals surface area contributed by atoms with E-state index < -0.39 is 0 Å². The van der Waals surface area contributed by atoms with Gasteiger partial charge in [0.2, 0.25) is 11.7 Å². The van der Waals surface area contributed by atoms with Gasteiger partial charge < -0.3 is 14.4 Å². The highest BCUT2D eigenvalue weighted by atomic mass is 35.5. The Morgan fingerprint density at radius 3 is 2.75 bits per heavy atom. The molecule has 0 bridgehead atoms. The number of halogens is 2. The van der Waals surface area contributed by atoms with Crippen molar-refractivity contribution in [2.24, 2.45) is 0 Å². The number of aromatic nitrogens is 4. The van der Waals surface area contributed by atoms with Crippen LogP contribution in [0.5, 0.6) is 0 Å². The van der Waals surface area contributed by atoms with Crippen LogP contribution in [-0.2, 0) is 11.3 Å². The number of hydrogen-bond acceptors (Lipinski definition) is 5. The number of rotatable bonds is 5. The molecule has 0 aliphatic heterocycles. The minimum absolute atomic E-state index is 0.0426. The molecule has 1 N–H and O–H groups in total. The van der Waals surface area contributed by atoms with E-state index in [0.29, 0.717) is 22.0 Å². The Labute approximate surface area is 163 Å². The van der Waals surface area contributed by atoms with Crippen molar-refractivity contribution >= 4 is 23.2 Å². The largest absolute Gasteiger partial charge is 0.334 e. The first-order valence-electron chi connectivity index (χ1n) is 8.24. The smallest absolute Gasteiger partial charge is 0.258 e. The van der Waals surface area contributed by atoms with Crippen LogP contribution >= 0.6 is 11.6 Å². The van der Waals surface area contributed by atoms with Gasteiger partial charge in [0.15, 0.2) is 0 Å². The number of nitrogens with zero attached hydrogens (tertiary/aromatic N) is 4. The summed E-state index contributed by atoms with van der Waals surface area (Å²) in [6.45, 7) is 0.0426. The van der Waals surface area contributed by atoms with Gasteiger partial charge in [0, 0.05) is 11.8 Å². The van der Waals surface area contributed by atoms with E-state index in [9.17, 15) is 9.18 Å². The molecule has 0 radical (unpaired) electrons. The maximum absolute atomic E-state index is 13.0. The normalized spacial score (nSPS) is 10.8. The van der Waals surface area contributed by atoms with E-state index in [4.69, 9.17) is 16.1 Å². The predicted molar refractivity (Wildman–Crippen MR) is 101 cm³/mol. The van der Waals surface area contributed by atoms with Crippen LogP contribution in [0.1, 0.15) is 0 Å². The highest BCUT2D eigenvalue weighted by molar-refractivity contribution is 6.33. The first-order chi connectivity index (χ1) is 13.6. The van der Waals surface area contributed by atoms with Crippen molar-refractivity contribution in [1.82, 2.24) is 19.7 Å². The molecule has 2 aromatic heterocycles. The van der Waals surface area contributed by atoms with Crippen LogP contribution < -0.4 is 5.32 Å². The SMILES string of the molecule is O=C(Cn1cnc(-c2noc(-c3ccc(F)cc3)n2)c1)Nc1ccccc1Cl. The second-order valence-corrected chi connectivity index (χ2v) is 6.30. The molecule has 0 aliphatic carbocycles. The molecular weight excluding hydrogens is 385 g/mol. The number of para-hydroxylation sites is 1. The maximum atomic E-state index is 13.0. The number of imidazole rings is 1. The average Bonchev–Trinajstić information content (AvgIpc) is 3.34. The molecule has 9 heteroatoms. The molecule has 0 aliphatic rings. The molecule has 2 heterocycles. The lowest BCUT2D eigenvalue weighted by molar-refractivity contribution is -0.116. The summed E-state index contributed by atoms with van der Waals surface area (Å²) in [5.41, 5.74) is 1.58. The molecule has 0 spiro atoms. The van der Waals surface area contributed by atoms with Crippen molar-refractivity contribution in [3.63, 3.8) is 0 Å². The first-order valence-corrected chi connectivity index (χ1v) is 8.62. The molecule has 0 atom stereocenters. The van der Waals surface area contributed by atoms with Crippen molar-refractivity contribution in [3.05, 3.63) is 71.9 Å². The minimum atomic E-state index is -0.350. The maximum Gasteiger partial charge on any atom is 0.258 e. The standard InChI is InChI=1S/C19H13ClFN5O2/c20-14-3-1-2-4-15(14)23-17(27)10-26-9-16(22-11-26)18-24-19(28-25-18)12-5-7-13(21)8-6-12/h1-9,11H,10H2,(H,23,27). The van der Waals surface area contributed by atoms with Crippen LogP contribution in [0.4, 0.5) is 10.1 Å². The van der Waals surface area contributed by atoms with Crippen molar-refractivity contribution in [1.29, 1.82) is 0 Å².